The molecule has 24 heavy (non-hydrogen) atoms. The standard InChI is InChI=1S/C12H9Cl2F7N2O/c1-2-24-9-7(13)3-6(4-8(9)14)5-22-23-12(20,21)10(15,16)11(17,18)19/h3-5,23H,2H2,1H3/b22-5+. The molecule has 0 radical (unpaired) electrons. The van der Waals surface area contributed by atoms with E-state index in [0.29, 0.717) is 11.6 Å². The van der Waals surface area contributed by atoms with E-state index in [-0.39, 0.29) is 28.0 Å². The van der Waals surface area contributed by atoms with E-state index in [4.69, 9.17) is 27.9 Å². The molecule has 0 atom stereocenters. The van der Waals surface area contributed by atoms with Crippen LogP contribution in [-0.2, 0) is 0 Å². The minimum atomic E-state index is -6.45. The number of nitrogens with zero attached hydrogens (tertiary/aromatic N) is 1. The van der Waals surface area contributed by atoms with Crippen LogP contribution in [-0.4, -0.2) is 31.0 Å². The predicted molar refractivity (Wildman–Crippen MR) is 74.3 cm³/mol. The Balaban J connectivity index is 2.95. The van der Waals surface area contributed by atoms with E-state index in [2.05, 4.69) is 5.10 Å². The summed E-state index contributed by atoms with van der Waals surface area (Å²) in [5.41, 5.74) is 0.447. The molecule has 0 aliphatic rings. The van der Waals surface area contributed by atoms with Gasteiger partial charge in [0.1, 0.15) is 0 Å². The minimum absolute atomic E-state index is 0.0295. The van der Waals surface area contributed by atoms with Crippen LogP contribution in [0.2, 0.25) is 10.0 Å². The van der Waals surface area contributed by atoms with E-state index in [1.807, 2.05) is 0 Å². The van der Waals surface area contributed by atoms with Crippen LogP contribution in [0.1, 0.15) is 12.5 Å². The van der Waals surface area contributed by atoms with Crippen LogP contribution >= 0.6 is 23.2 Å². The lowest BCUT2D eigenvalue weighted by Gasteiger charge is -2.27. The van der Waals surface area contributed by atoms with Crippen molar-refractivity contribution >= 4 is 29.4 Å². The van der Waals surface area contributed by atoms with Crippen LogP contribution < -0.4 is 10.2 Å². The molecule has 0 heterocycles. The Morgan fingerprint density at radius 2 is 1.58 bits per heavy atom. The van der Waals surface area contributed by atoms with Crippen LogP contribution in [0.3, 0.4) is 0 Å². The topological polar surface area (TPSA) is 33.6 Å². The fraction of sp³-hybridized carbons (Fsp3) is 0.417. The highest BCUT2D eigenvalue weighted by Gasteiger charge is 2.73. The van der Waals surface area contributed by atoms with Crippen molar-refractivity contribution in [3.05, 3.63) is 27.7 Å². The summed E-state index contributed by atoms with van der Waals surface area (Å²) in [5, 5.41) is 2.63. The third-order valence-corrected chi connectivity index (χ3v) is 3.04. The van der Waals surface area contributed by atoms with Crippen molar-refractivity contribution in [3.63, 3.8) is 0 Å². The fourth-order valence-electron chi connectivity index (χ4n) is 1.37. The van der Waals surface area contributed by atoms with E-state index < -0.39 is 18.1 Å². The second kappa shape index (κ2) is 7.22. The van der Waals surface area contributed by atoms with Gasteiger partial charge >= 0.3 is 18.1 Å². The van der Waals surface area contributed by atoms with Crippen molar-refractivity contribution in [1.82, 2.24) is 5.43 Å². The summed E-state index contributed by atoms with van der Waals surface area (Å²) in [7, 11) is 0. The normalized spacial score (nSPS) is 13.4. The zero-order valence-corrected chi connectivity index (χ0v) is 13.2. The number of hydrogen-bond donors (Lipinski definition) is 1. The van der Waals surface area contributed by atoms with E-state index in [0.717, 1.165) is 12.1 Å². The maximum absolute atomic E-state index is 13.0. The molecule has 12 heteroatoms. The first-order valence-electron chi connectivity index (χ1n) is 6.08. The number of halogens is 9. The van der Waals surface area contributed by atoms with Crippen LogP contribution in [0.5, 0.6) is 5.75 Å². The van der Waals surface area contributed by atoms with Crippen LogP contribution in [0, 0.1) is 0 Å². The second-order valence-corrected chi connectivity index (χ2v) is 5.08. The first kappa shape index (κ1) is 20.6. The fourth-order valence-corrected chi connectivity index (χ4v) is 1.99. The monoisotopic (exact) mass is 400 g/mol. The molecule has 0 spiro atoms. The Hall–Kier alpha value is -1.42. The van der Waals surface area contributed by atoms with Crippen molar-refractivity contribution < 1.29 is 35.5 Å². The molecular weight excluding hydrogens is 392 g/mol. The van der Waals surface area contributed by atoms with Crippen molar-refractivity contribution in [2.75, 3.05) is 6.61 Å². The summed E-state index contributed by atoms with van der Waals surface area (Å²) in [5.74, 6) is -6.22. The van der Waals surface area contributed by atoms with E-state index in [1.54, 1.807) is 6.92 Å². The maximum Gasteiger partial charge on any atom is 0.462 e. The van der Waals surface area contributed by atoms with Gasteiger partial charge < -0.3 is 4.74 Å². The lowest BCUT2D eigenvalue weighted by molar-refractivity contribution is -0.361. The Bertz CT molecular complexity index is 597. The summed E-state index contributed by atoms with van der Waals surface area (Å²) in [4.78, 5) is 0. The van der Waals surface area contributed by atoms with Crippen LogP contribution in [0.15, 0.2) is 17.2 Å². The first-order chi connectivity index (χ1) is 10.8. The summed E-state index contributed by atoms with van der Waals surface area (Å²) >= 11 is 11.6. The number of hydrogen-bond acceptors (Lipinski definition) is 3. The first-order valence-corrected chi connectivity index (χ1v) is 6.83. The number of rotatable bonds is 6. The highest BCUT2D eigenvalue weighted by Crippen LogP contribution is 2.45. The molecular formula is C12H9Cl2F7N2O. The van der Waals surface area contributed by atoms with Gasteiger partial charge in [0.15, 0.2) is 5.75 Å². The van der Waals surface area contributed by atoms with Gasteiger partial charge in [-0.15, -0.1) is 0 Å². The largest absolute Gasteiger partial charge is 0.491 e. The minimum Gasteiger partial charge on any atom is -0.491 e. The van der Waals surface area contributed by atoms with Crippen molar-refractivity contribution in [2.45, 2.75) is 25.1 Å². The molecule has 0 bridgehead atoms. The zero-order valence-electron chi connectivity index (χ0n) is 11.7. The van der Waals surface area contributed by atoms with E-state index >= 15 is 0 Å². The smallest absolute Gasteiger partial charge is 0.462 e. The van der Waals surface area contributed by atoms with Crippen molar-refractivity contribution in [3.8, 4) is 5.75 Å². The summed E-state index contributed by atoms with van der Waals surface area (Å²) in [6.07, 6.45) is -5.90. The van der Waals surface area contributed by atoms with Crippen molar-refractivity contribution in [1.29, 1.82) is 0 Å². The summed E-state index contributed by atoms with van der Waals surface area (Å²) < 4.78 is 92.1. The lowest BCUT2D eigenvalue weighted by Crippen LogP contribution is -2.58. The molecule has 0 saturated heterocycles. The molecule has 0 aliphatic carbocycles. The Morgan fingerprint density at radius 1 is 1.08 bits per heavy atom. The SMILES string of the molecule is CCOc1c(Cl)cc(/C=N/NC(F)(F)C(F)(F)C(F)(F)F)cc1Cl. The molecule has 0 saturated carbocycles. The molecule has 1 aromatic rings. The highest BCUT2D eigenvalue weighted by molar-refractivity contribution is 6.37. The predicted octanol–water partition coefficient (Wildman–Crippen LogP) is 5.11. The van der Waals surface area contributed by atoms with Crippen LogP contribution in [0.25, 0.3) is 0 Å². The number of ether oxygens (including phenoxy) is 1. The molecule has 136 valence electrons. The summed E-state index contributed by atoms with van der Waals surface area (Å²) in [6, 6.07) is -3.37. The molecule has 0 unspecified atom stereocenters. The third-order valence-electron chi connectivity index (χ3n) is 2.48. The van der Waals surface area contributed by atoms with Gasteiger partial charge in [0.25, 0.3) is 0 Å². The average molecular weight is 401 g/mol. The van der Waals surface area contributed by atoms with Gasteiger partial charge in [-0.25, -0.2) is 5.43 Å². The van der Waals surface area contributed by atoms with Gasteiger partial charge in [0, 0.05) is 0 Å². The van der Waals surface area contributed by atoms with Gasteiger partial charge in [-0.1, -0.05) is 23.2 Å². The summed E-state index contributed by atoms with van der Waals surface area (Å²) in [6.45, 7) is 1.88. The average Bonchev–Trinajstić information content (AvgIpc) is 2.41. The third kappa shape index (κ3) is 4.35. The zero-order chi connectivity index (χ0) is 18.8. The van der Waals surface area contributed by atoms with Crippen molar-refractivity contribution in [2.24, 2.45) is 5.10 Å². The Morgan fingerprint density at radius 3 is 2.00 bits per heavy atom. The van der Waals surface area contributed by atoms with Gasteiger partial charge in [0.05, 0.1) is 22.9 Å². The molecule has 3 nitrogen and oxygen atoms in total. The van der Waals surface area contributed by atoms with Gasteiger partial charge in [-0.2, -0.15) is 35.8 Å². The maximum atomic E-state index is 13.0. The van der Waals surface area contributed by atoms with Crippen LogP contribution in [0.4, 0.5) is 30.7 Å². The lowest BCUT2D eigenvalue weighted by atomic mass is 10.2. The molecule has 0 aliphatic heterocycles. The number of benzene rings is 1. The molecule has 0 amide bonds. The van der Waals surface area contributed by atoms with E-state index in [1.165, 1.54) is 0 Å². The Kier molecular flexibility index (Phi) is 6.20. The number of hydrazone groups is 1. The van der Waals surface area contributed by atoms with Gasteiger partial charge in [-0.3, -0.25) is 0 Å². The number of alkyl halides is 7. The second-order valence-electron chi connectivity index (χ2n) is 4.26. The molecule has 0 aromatic heterocycles. The van der Waals surface area contributed by atoms with Gasteiger partial charge in [-0.05, 0) is 24.6 Å². The molecule has 1 rings (SSSR count). The molecule has 0 fully saturated rings. The molecule has 1 aromatic carbocycles. The Labute approximate surface area is 141 Å². The molecule has 1 N–H and O–H groups in total. The van der Waals surface area contributed by atoms with E-state index in [9.17, 15) is 30.7 Å². The highest BCUT2D eigenvalue weighted by atomic mass is 35.5. The number of nitrogens with one attached hydrogen (secondary N) is 1. The quantitative estimate of drug-likeness (QED) is 0.311. The van der Waals surface area contributed by atoms with Gasteiger partial charge in [0.2, 0.25) is 0 Å².